The molecule has 2 aliphatic rings. The molecule has 1 saturated heterocycles. The number of carbonyl (C=O) groups is 5. The number of amides is 6. The Kier molecular flexibility index (Phi) is 6.17. The van der Waals surface area contributed by atoms with Crippen LogP contribution in [0.5, 0.6) is 0 Å². The van der Waals surface area contributed by atoms with Gasteiger partial charge in [-0.15, -0.1) is 0 Å². The van der Waals surface area contributed by atoms with E-state index in [0.717, 1.165) is 4.90 Å². The molecule has 2 aliphatic heterocycles. The number of rotatable bonds is 7. The Morgan fingerprint density at radius 1 is 1.09 bits per heavy atom. The van der Waals surface area contributed by atoms with Gasteiger partial charge in [-0.2, -0.15) is 0 Å². The minimum absolute atomic E-state index is 0.0426. The quantitative estimate of drug-likeness (QED) is 0.362. The predicted octanol–water partition coefficient (Wildman–Crippen LogP) is 2.00. The van der Waals surface area contributed by atoms with Crippen molar-refractivity contribution >= 4 is 29.8 Å². The van der Waals surface area contributed by atoms with Gasteiger partial charge in [0.1, 0.15) is 11.8 Å². The summed E-state index contributed by atoms with van der Waals surface area (Å²) in [5, 5.41) is 5.04. The number of benzene rings is 1. The van der Waals surface area contributed by atoms with Crippen LogP contribution in [0.3, 0.4) is 0 Å². The number of urea groups is 2. The van der Waals surface area contributed by atoms with E-state index in [4.69, 9.17) is 9.15 Å². The van der Waals surface area contributed by atoms with Crippen molar-refractivity contribution in [2.24, 2.45) is 0 Å². The van der Waals surface area contributed by atoms with Gasteiger partial charge in [-0.1, -0.05) is 30.3 Å². The number of hydrogen-bond donors (Lipinski definition) is 2. The summed E-state index contributed by atoms with van der Waals surface area (Å²) < 4.78 is 10.5. The third-order valence-corrected chi connectivity index (χ3v) is 5.55. The highest BCUT2D eigenvalue weighted by molar-refractivity contribution is 6.44. The van der Waals surface area contributed by atoms with Crippen LogP contribution in [0.25, 0.3) is 0 Å². The standard InChI is InChI=1S/C23H22N4O7/c1-3-33-21(30)17-15(24-22(31)25-18(17)16-10-7-11-34-16)12-26-19(28)20(29)27(23(26)32)13(2)14-8-5-4-6-9-14/h4-11,13,18H,3,12H2,1-2H3,(H2,24,25,31). The molecule has 0 saturated carbocycles. The Labute approximate surface area is 194 Å². The highest BCUT2D eigenvalue weighted by Crippen LogP contribution is 2.31. The molecule has 2 unspecified atom stereocenters. The van der Waals surface area contributed by atoms with Crippen molar-refractivity contribution in [1.82, 2.24) is 20.4 Å². The molecule has 2 atom stereocenters. The molecule has 0 aliphatic carbocycles. The van der Waals surface area contributed by atoms with Crippen LogP contribution in [0, 0.1) is 0 Å². The van der Waals surface area contributed by atoms with Crippen LogP contribution in [-0.4, -0.2) is 52.8 Å². The van der Waals surface area contributed by atoms with Gasteiger partial charge < -0.3 is 19.8 Å². The molecule has 1 aromatic carbocycles. The topological polar surface area (TPSA) is 138 Å². The molecule has 2 N–H and O–H groups in total. The van der Waals surface area contributed by atoms with E-state index in [0.29, 0.717) is 10.5 Å². The molecule has 11 nitrogen and oxygen atoms in total. The van der Waals surface area contributed by atoms with Gasteiger partial charge in [0, 0.05) is 0 Å². The van der Waals surface area contributed by atoms with E-state index >= 15 is 0 Å². The predicted molar refractivity (Wildman–Crippen MR) is 116 cm³/mol. The maximum Gasteiger partial charge on any atom is 0.338 e. The van der Waals surface area contributed by atoms with Gasteiger partial charge >= 0.3 is 29.8 Å². The Balaban J connectivity index is 1.69. The molecule has 1 aromatic heterocycles. The molecule has 2 aromatic rings. The Morgan fingerprint density at radius 2 is 1.82 bits per heavy atom. The number of furan rings is 1. The number of carbonyl (C=O) groups excluding carboxylic acids is 5. The second-order valence-corrected chi connectivity index (χ2v) is 7.60. The highest BCUT2D eigenvalue weighted by Gasteiger charge is 2.48. The van der Waals surface area contributed by atoms with E-state index < -0.39 is 48.5 Å². The van der Waals surface area contributed by atoms with Crippen LogP contribution in [0.15, 0.2) is 64.4 Å². The zero-order chi connectivity index (χ0) is 24.4. The minimum Gasteiger partial charge on any atom is -0.467 e. The Hall–Kier alpha value is -4.41. The average Bonchev–Trinajstić information content (AvgIpc) is 3.43. The number of esters is 1. The zero-order valence-corrected chi connectivity index (χ0v) is 18.4. The van der Waals surface area contributed by atoms with Crippen molar-refractivity contribution in [1.29, 1.82) is 0 Å². The summed E-state index contributed by atoms with van der Waals surface area (Å²) in [6, 6.07) is 8.67. The van der Waals surface area contributed by atoms with E-state index in [-0.39, 0.29) is 23.6 Å². The van der Waals surface area contributed by atoms with Gasteiger partial charge in [-0.25, -0.2) is 24.2 Å². The van der Waals surface area contributed by atoms with E-state index in [1.165, 1.54) is 6.26 Å². The molecule has 0 bridgehead atoms. The molecule has 34 heavy (non-hydrogen) atoms. The van der Waals surface area contributed by atoms with Crippen LogP contribution in [0.4, 0.5) is 9.59 Å². The maximum absolute atomic E-state index is 13.1. The zero-order valence-electron chi connectivity index (χ0n) is 18.4. The van der Waals surface area contributed by atoms with Gasteiger partial charge in [0.05, 0.1) is 36.7 Å². The molecular weight excluding hydrogens is 444 g/mol. The van der Waals surface area contributed by atoms with Crippen LogP contribution in [0.2, 0.25) is 0 Å². The van der Waals surface area contributed by atoms with Crippen molar-refractivity contribution in [2.45, 2.75) is 25.9 Å². The molecule has 1 fully saturated rings. The van der Waals surface area contributed by atoms with Gasteiger partial charge in [0.15, 0.2) is 0 Å². The molecular formula is C23H22N4O7. The van der Waals surface area contributed by atoms with Crippen molar-refractivity contribution < 1.29 is 33.1 Å². The van der Waals surface area contributed by atoms with Gasteiger partial charge in [0.2, 0.25) is 0 Å². The Morgan fingerprint density at radius 3 is 2.47 bits per heavy atom. The highest BCUT2D eigenvalue weighted by atomic mass is 16.5. The summed E-state index contributed by atoms with van der Waals surface area (Å²) in [6.07, 6.45) is 1.38. The average molecular weight is 466 g/mol. The first-order valence-electron chi connectivity index (χ1n) is 10.6. The number of hydrogen-bond acceptors (Lipinski definition) is 7. The van der Waals surface area contributed by atoms with E-state index in [2.05, 4.69) is 10.6 Å². The number of nitrogens with one attached hydrogen (secondary N) is 2. The van der Waals surface area contributed by atoms with E-state index in [1.807, 2.05) is 0 Å². The molecule has 11 heteroatoms. The minimum atomic E-state index is -1.06. The van der Waals surface area contributed by atoms with Crippen molar-refractivity contribution in [3.05, 3.63) is 71.3 Å². The number of ether oxygens (including phenoxy) is 1. The fraction of sp³-hybridized carbons (Fsp3) is 0.261. The summed E-state index contributed by atoms with van der Waals surface area (Å²) >= 11 is 0. The third-order valence-electron chi connectivity index (χ3n) is 5.55. The fourth-order valence-electron chi connectivity index (χ4n) is 3.90. The molecule has 0 radical (unpaired) electrons. The smallest absolute Gasteiger partial charge is 0.338 e. The molecule has 0 spiro atoms. The van der Waals surface area contributed by atoms with Crippen LogP contribution < -0.4 is 10.6 Å². The lowest BCUT2D eigenvalue weighted by Gasteiger charge is -2.29. The van der Waals surface area contributed by atoms with Crippen molar-refractivity contribution in [3.63, 3.8) is 0 Å². The van der Waals surface area contributed by atoms with Crippen molar-refractivity contribution in [3.8, 4) is 0 Å². The summed E-state index contributed by atoms with van der Waals surface area (Å²) in [5.41, 5.74) is 0.574. The molecule has 4 rings (SSSR count). The largest absolute Gasteiger partial charge is 0.467 e. The third kappa shape index (κ3) is 4.03. The lowest BCUT2D eigenvalue weighted by atomic mass is 10.00. The monoisotopic (exact) mass is 466 g/mol. The SMILES string of the molecule is CCOC(=O)C1=C(CN2C(=O)C(=O)N(C(C)c3ccccc3)C2=O)NC(=O)NC1c1ccco1. The maximum atomic E-state index is 13.1. The normalized spacial score (nSPS) is 19.3. The number of nitrogens with zero attached hydrogens (tertiary/aromatic N) is 2. The lowest BCUT2D eigenvalue weighted by molar-refractivity contribution is -0.143. The Bertz CT molecular complexity index is 1170. The first-order valence-corrected chi connectivity index (χ1v) is 10.6. The fourth-order valence-corrected chi connectivity index (χ4v) is 3.90. The number of imide groups is 2. The summed E-state index contributed by atoms with van der Waals surface area (Å²) in [7, 11) is 0. The first-order chi connectivity index (χ1) is 16.3. The van der Waals surface area contributed by atoms with E-state index in [9.17, 15) is 24.0 Å². The molecule has 3 heterocycles. The summed E-state index contributed by atoms with van der Waals surface area (Å²) in [4.78, 5) is 65.3. The van der Waals surface area contributed by atoms with Crippen LogP contribution in [0.1, 0.15) is 37.3 Å². The van der Waals surface area contributed by atoms with Crippen molar-refractivity contribution in [2.75, 3.05) is 13.2 Å². The summed E-state index contributed by atoms with van der Waals surface area (Å²) in [6.45, 7) is 2.78. The second-order valence-electron chi connectivity index (χ2n) is 7.60. The molecule has 176 valence electrons. The van der Waals surface area contributed by atoms with E-state index in [1.54, 1.807) is 56.3 Å². The first kappa shape index (κ1) is 22.8. The van der Waals surface area contributed by atoms with Gasteiger partial charge in [-0.05, 0) is 31.5 Å². The van der Waals surface area contributed by atoms with Crippen LogP contribution >= 0.6 is 0 Å². The van der Waals surface area contributed by atoms with Gasteiger partial charge in [-0.3, -0.25) is 9.59 Å². The second kappa shape index (κ2) is 9.22. The van der Waals surface area contributed by atoms with Gasteiger partial charge in [0.25, 0.3) is 0 Å². The lowest BCUT2D eigenvalue weighted by Crippen LogP contribution is -2.49. The summed E-state index contributed by atoms with van der Waals surface area (Å²) in [5.74, 6) is -2.58. The van der Waals surface area contributed by atoms with Crippen LogP contribution in [-0.2, 0) is 19.1 Å². The molecule has 6 amide bonds.